The van der Waals surface area contributed by atoms with E-state index in [-0.39, 0.29) is 18.3 Å². The molecule has 1 aliphatic rings. The van der Waals surface area contributed by atoms with E-state index in [1.54, 1.807) is 6.92 Å². The van der Waals surface area contributed by atoms with E-state index in [9.17, 15) is 9.59 Å². The standard InChI is InChI=1S/C21H24N2O3/c1-5-10-26-21(25)20-13(2)19-17(22-20)11-15(12-18(19)24)14-6-8-16(9-7-14)23(3)4/h5-9,15,22H,1,10-12H2,2-4H3/t15-/m1/s1. The number of benzene rings is 1. The molecule has 1 atom stereocenters. The maximum absolute atomic E-state index is 12.7. The van der Waals surface area contributed by atoms with E-state index in [1.807, 2.05) is 19.0 Å². The minimum atomic E-state index is -0.448. The number of anilines is 1. The molecule has 0 saturated carbocycles. The van der Waals surface area contributed by atoms with Crippen molar-refractivity contribution in [3.8, 4) is 0 Å². The highest BCUT2D eigenvalue weighted by Crippen LogP contribution is 2.35. The van der Waals surface area contributed by atoms with E-state index in [0.717, 1.165) is 16.9 Å². The maximum atomic E-state index is 12.7. The van der Waals surface area contributed by atoms with E-state index in [0.29, 0.717) is 29.7 Å². The number of nitrogens with one attached hydrogen (secondary N) is 1. The van der Waals surface area contributed by atoms with Gasteiger partial charge >= 0.3 is 5.97 Å². The third kappa shape index (κ3) is 3.29. The SMILES string of the molecule is C=CCOC(=O)c1[nH]c2c(c1C)C(=O)C[C@H](c1ccc(N(C)C)cc1)C2. The molecule has 0 unspecified atom stereocenters. The molecule has 1 heterocycles. The number of hydrogen-bond donors (Lipinski definition) is 1. The number of carbonyl (C=O) groups excluding carboxylic acids is 2. The van der Waals surface area contributed by atoms with Crippen LogP contribution in [0.2, 0.25) is 0 Å². The first-order valence-electron chi connectivity index (χ1n) is 8.72. The molecule has 1 aliphatic carbocycles. The van der Waals surface area contributed by atoms with Crippen LogP contribution in [0.25, 0.3) is 0 Å². The van der Waals surface area contributed by atoms with Crippen molar-refractivity contribution in [3.63, 3.8) is 0 Å². The normalized spacial score (nSPS) is 16.1. The van der Waals surface area contributed by atoms with Gasteiger partial charge in [0.2, 0.25) is 0 Å². The van der Waals surface area contributed by atoms with Gasteiger partial charge in [0, 0.05) is 37.5 Å². The Balaban J connectivity index is 1.87. The highest BCUT2D eigenvalue weighted by Gasteiger charge is 2.32. The predicted octanol–water partition coefficient (Wildman–Crippen LogP) is 3.64. The van der Waals surface area contributed by atoms with Gasteiger partial charge < -0.3 is 14.6 Å². The van der Waals surface area contributed by atoms with E-state index < -0.39 is 5.97 Å². The summed E-state index contributed by atoms with van der Waals surface area (Å²) < 4.78 is 5.11. The van der Waals surface area contributed by atoms with Crippen molar-refractivity contribution in [2.45, 2.75) is 25.7 Å². The molecule has 0 radical (unpaired) electrons. The molecule has 5 heteroatoms. The molecule has 2 aromatic rings. The molecule has 0 aliphatic heterocycles. The summed E-state index contributed by atoms with van der Waals surface area (Å²) in [5, 5.41) is 0. The molecule has 1 N–H and O–H groups in total. The Morgan fingerprint density at radius 3 is 2.62 bits per heavy atom. The lowest BCUT2D eigenvalue weighted by atomic mass is 9.81. The number of fused-ring (bicyclic) bond motifs is 1. The number of ketones is 1. The second-order valence-corrected chi connectivity index (χ2v) is 6.88. The molecule has 1 aromatic carbocycles. The molecule has 0 spiro atoms. The number of ether oxygens (including phenoxy) is 1. The molecule has 136 valence electrons. The van der Waals surface area contributed by atoms with Crippen LogP contribution in [0.5, 0.6) is 0 Å². The molecular weight excluding hydrogens is 328 g/mol. The van der Waals surface area contributed by atoms with Crippen molar-refractivity contribution in [1.82, 2.24) is 4.98 Å². The molecule has 0 saturated heterocycles. The van der Waals surface area contributed by atoms with Gasteiger partial charge in [-0.1, -0.05) is 24.8 Å². The molecule has 3 rings (SSSR count). The molecule has 0 fully saturated rings. The van der Waals surface area contributed by atoms with E-state index in [4.69, 9.17) is 4.74 Å². The van der Waals surface area contributed by atoms with Gasteiger partial charge in [0.05, 0.1) is 0 Å². The van der Waals surface area contributed by atoms with Gasteiger partial charge in [-0.2, -0.15) is 0 Å². The van der Waals surface area contributed by atoms with E-state index >= 15 is 0 Å². The Bertz CT molecular complexity index is 847. The lowest BCUT2D eigenvalue weighted by Crippen LogP contribution is -2.18. The molecule has 5 nitrogen and oxygen atoms in total. The van der Waals surface area contributed by atoms with Gasteiger partial charge in [-0.15, -0.1) is 0 Å². The van der Waals surface area contributed by atoms with Crippen molar-refractivity contribution in [1.29, 1.82) is 0 Å². The number of rotatable bonds is 5. The van der Waals surface area contributed by atoms with Crippen LogP contribution in [0.15, 0.2) is 36.9 Å². The number of H-pyrrole nitrogens is 1. The Morgan fingerprint density at radius 2 is 2.00 bits per heavy atom. The fraction of sp³-hybridized carbons (Fsp3) is 0.333. The second-order valence-electron chi connectivity index (χ2n) is 6.88. The van der Waals surface area contributed by atoms with Gasteiger partial charge in [0.15, 0.2) is 5.78 Å². The number of aromatic amines is 1. The zero-order chi connectivity index (χ0) is 18.8. The number of carbonyl (C=O) groups is 2. The second kappa shape index (κ2) is 7.20. The first-order chi connectivity index (χ1) is 12.4. The highest BCUT2D eigenvalue weighted by molar-refractivity contribution is 6.03. The zero-order valence-corrected chi connectivity index (χ0v) is 15.5. The summed E-state index contributed by atoms with van der Waals surface area (Å²) >= 11 is 0. The largest absolute Gasteiger partial charge is 0.457 e. The number of nitrogens with zero attached hydrogens (tertiary/aromatic N) is 1. The molecule has 26 heavy (non-hydrogen) atoms. The van der Waals surface area contributed by atoms with Gasteiger partial charge in [-0.25, -0.2) is 4.79 Å². The fourth-order valence-corrected chi connectivity index (χ4v) is 3.52. The van der Waals surface area contributed by atoms with Crippen LogP contribution < -0.4 is 4.90 Å². The van der Waals surface area contributed by atoms with Gasteiger partial charge in [0.25, 0.3) is 0 Å². The smallest absolute Gasteiger partial charge is 0.355 e. The van der Waals surface area contributed by atoms with Gasteiger partial charge in [-0.05, 0) is 42.5 Å². The summed E-state index contributed by atoms with van der Waals surface area (Å²) in [4.78, 5) is 30.1. The van der Waals surface area contributed by atoms with E-state index in [1.165, 1.54) is 6.08 Å². The van der Waals surface area contributed by atoms with Crippen molar-refractivity contribution in [3.05, 3.63) is 65.0 Å². The van der Waals surface area contributed by atoms with Crippen LogP contribution in [-0.2, 0) is 11.2 Å². The third-order valence-corrected chi connectivity index (χ3v) is 4.91. The topological polar surface area (TPSA) is 62.4 Å². The Hall–Kier alpha value is -2.82. The monoisotopic (exact) mass is 352 g/mol. The average molecular weight is 352 g/mol. The minimum absolute atomic E-state index is 0.0736. The number of hydrogen-bond acceptors (Lipinski definition) is 4. The number of aromatic nitrogens is 1. The first kappa shape index (κ1) is 18.0. The van der Waals surface area contributed by atoms with Crippen LogP contribution in [-0.4, -0.2) is 37.4 Å². The van der Waals surface area contributed by atoms with Gasteiger partial charge in [-0.3, -0.25) is 4.79 Å². The Kier molecular flexibility index (Phi) is 4.98. The first-order valence-corrected chi connectivity index (χ1v) is 8.72. The van der Waals surface area contributed by atoms with Crippen molar-refractivity contribution < 1.29 is 14.3 Å². The zero-order valence-electron chi connectivity index (χ0n) is 15.5. The van der Waals surface area contributed by atoms with Crippen LogP contribution in [0, 0.1) is 6.92 Å². The Morgan fingerprint density at radius 1 is 1.31 bits per heavy atom. The molecule has 0 bridgehead atoms. The summed E-state index contributed by atoms with van der Waals surface area (Å²) in [7, 11) is 4.00. The quantitative estimate of drug-likeness (QED) is 0.659. The summed E-state index contributed by atoms with van der Waals surface area (Å²) in [6.07, 6.45) is 2.68. The van der Waals surface area contributed by atoms with E-state index in [2.05, 4.69) is 35.8 Å². The molecule has 1 aromatic heterocycles. The lowest BCUT2D eigenvalue weighted by molar-refractivity contribution is 0.0542. The van der Waals surface area contributed by atoms with Crippen molar-refractivity contribution >= 4 is 17.4 Å². The van der Waals surface area contributed by atoms with Crippen molar-refractivity contribution in [2.24, 2.45) is 0 Å². The summed E-state index contributed by atoms with van der Waals surface area (Å²) in [5.74, 6) is -0.262. The fourth-order valence-electron chi connectivity index (χ4n) is 3.52. The summed E-state index contributed by atoms with van der Waals surface area (Å²) in [6, 6.07) is 8.28. The minimum Gasteiger partial charge on any atom is -0.457 e. The predicted molar refractivity (Wildman–Crippen MR) is 102 cm³/mol. The van der Waals surface area contributed by atoms with Crippen LogP contribution in [0.3, 0.4) is 0 Å². The molecule has 0 amide bonds. The summed E-state index contributed by atoms with van der Waals surface area (Å²) in [6.45, 7) is 5.49. The third-order valence-electron chi connectivity index (χ3n) is 4.91. The lowest BCUT2D eigenvalue weighted by Gasteiger charge is -2.23. The average Bonchev–Trinajstić information content (AvgIpc) is 2.97. The van der Waals surface area contributed by atoms with Crippen LogP contribution in [0.4, 0.5) is 5.69 Å². The number of esters is 1. The molecular formula is C21H24N2O3. The highest BCUT2D eigenvalue weighted by atomic mass is 16.5. The number of Topliss-reactive ketones (excluding diaryl/α,β-unsaturated/α-hetero) is 1. The maximum Gasteiger partial charge on any atom is 0.355 e. The van der Waals surface area contributed by atoms with Crippen LogP contribution >= 0.6 is 0 Å². The van der Waals surface area contributed by atoms with Gasteiger partial charge in [0.1, 0.15) is 12.3 Å². The van der Waals surface area contributed by atoms with Crippen molar-refractivity contribution in [2.75, 3.05) is 25.6 Å². The Labute approximate surface area is 153 Å². The summed E-state index contributed by atoms with van der Waals surface area (Å²) in [5.41, 5.74) is 4.79. The van der Waals surface area contributed by atoms with Crippen LogP contribution in [0.1, 0.15) is 50.0 Å².